The van der Waals surface area contributed by atoms with Crippen LogP contribution in [0.15, 0.2) is 18.2 Å². The second kappa shape index (κ2) is 3.72. The lowest BCUT2D eigenvalue weighted by atomic mass is 9.60. The van der Waals surface area contributed by atoms with E-state index in [1.165, 1.54) is 43.2 Å². The van der Waals surface area contributed by atoms with Crippen LogP contribution in [-0.4, -0.2) is 22.7 Å². The van der Waals surface area contributed by atoms with Crippen LogP contribution in [0.5, 0.6) is 5.75 Å². The van der Waals surface area contributed by atoms with Crippen molar-refractivity contribution < 1.29 is 5.11 Å². The van der Waals surface area contributed by atoms with Gasteiger partial charge in [0.05, 0.1) is 0 Å². The average Bonchev–Trinajstić information content (AvgIpc) is 2.40. The highest BCUT2D eigenvalue weighted by Crippen LogP contribution is 2.50. The number of hydrogen-bond acceptors (Lipinski definition) is 3. The monoisotopic (exact) mass is 244 g/mol. The zero-order valence-electron chi connectivity index (χ0n) is 10.7. The molecule has 2 N–H and O–H groups in total. The third-order valence-corrected chi connectivity index (χ3v) is 5.22. The Bertz CT molecular complexity index is 483. The molecule has 0 spiro atoms. The van der Waals surface area contributed by atoms with Gasteiger partial charge in [0.2, 0.25) is 0 Å². The number of nitrogens with zero attached hydrogens (tertiary/aromatic N) is 1. The Labute approximate surface area is 108 Å². The fourth-order valence-corrected chi connectivity index (χ4v) is 4.46. The molecule has 2 heterocycles. The van der Waals surface area contributed by atoms with Gasteiger partial charge in [0, 0.05) is 24.5 Å². The number of aromatic hydroxyl groups is 1. The maximum Gasteiger partial charge on any atom is 0.115 e. The van der Waals surface area contributed by atoms with Crippen LogP contribution >= 0.6 is 0 Å². The van der Waals surface area contributed by atoms with Crippen molar-refractivity contribution in [2.45, 2.75) is 50.1 Å². The van der Waals surface area contributed by atoms with Crippen LogP contribution in [0.3, 0.4) is 0 Å². The Hall–Kier alpha value is -1.06. The molecular weight excluding hydrogens is 224 g/mol. The SMILES string of the molecule is Oc1ccc2c(c1)[C@@]13CCCC[C@@H]1N(C2)NCC3. The summed E-state index contributed by atoms with van der Waals surface area (Å²) in [6.07, 6.45) is 6.47. The van der Waals surface area contributed by atoms with Crippen molar-refractivity contribution in [1.82, 2.24) is 10.4 Å². The summed E-state index contributed by atoms with van der Waals surface area (Å²) in [5, 5.41) is 12.3. The van der Waals surface area contributed by atoms with E-state index in [0.29, 0.717) is 17.2 Å². The summed E-state index contributed by atoms with van der Waals surface area (Å²) in [7, 11) is 0. The summed E-state index contributed by atoms with van der Waals surface area (Å²) < 4.78 is 0. The van der Waals surface area contributed by atoms with Crippen LogP contribution in [0.4, 0.5) is 0 Å². The normalized spacial score (nSPS) is 37.8. The van der Waals surface area contributed by atoms with E-state index in [2.05, 4.69) is 16.5 Å². The maximum absolute atomic E-state index is 9.84. The molecule has 1 aromatic carbocycles. The van der Waals surface area contributed by atoms with Gasteiger partial charge in [-0.25, -0.2) is 5.01 Å². The lowest BCUT2D eigenvalue weighted by Gasteiger charge is -2.57. The predicted molar refractivity (Wildman–Crippen MR) is 70.2 cm³/mol. The van der Waals surface area contributed by atoms with Crippen molar-refractivity contribution >= 4 is 0 Å². The molecule has 1 unspecified atom stereocenters. The first-order valence-electron chi connectivity index (χ1n) is 7.12. The van der Waals surface area contributed by atoms with E-state index in [0.717, 1.165) is 13.1 Å². The van der Waals surface area contributed by atoms with Crippen LogP contribution in [0.25, 0.3) is 0 Å². The highest BCUT2D eigenvalue weighted by molar-refractivity contribution is 5.44. The molecule has 0 aromatic heterocycles. The molecular formula is C15H20N2O. The van der Waals surface area contributed by atoms with E-state index >= 15 is 0 Å². The Morgan fingerprint density at radius 2 is 2.22 bits per heavy atom. The molecule has 96 valence electrons. The molecule has 2 fully saturated rings. The van der Waals surface area contributed by atoms with E-state index in [1.807, 2.05) is 12.1 Å². The van der Waals surface area contributed by atoms with Crippen molar-refractivity contribution in [1.29, 1.82) is 0 Å². The summed E-state index contributed by atoms with van der Waals surface area (Å²) in [6, 6.07) is 6.61. The first kappa shape index (κ1) is 10.8. The second-order valence-electron chi connectivity index (χ2n) is 6.05. The summed E-state index contributed by atoms with van der Waals surface area (Å²) in [6.45, 7) is 2.06. The fraction of sp³-hybridized carbons (Fsp3) is 0.600. The van der Waals surface area contributed by atoms with Crippen molar-refractivity contribution in [3.05, 3.63) is 29.3 Å². The van der Waals surface area contributed by atoms with Gasteiger partial charge in [-0.05, 0) is 42.5 Å². The van der Waals surface area contributed by atoms with Crippen molar-refractivity contribution in [2.75, 3.05) is 6.54 Å². The molecule has 1 aromatic rings. The molecule has 2 bridgehead atoms. The molecule has 3 aliphatic rings. The van der Waals surface area contributed by atoms with Crippen LogP contribution in [-0.2, 0) is 12.0 Å². The molecule has 3 nitrogen and oxygen atoms in total. The van der Waals surface area contributed by atoms with E-state index in [-0.39, 0.29) is 0 Å². The Morgan fingerprint density at radius 3 is 3.17 bits per heavy atom. The molecule has 3 atom stereocenters. The topological polar surface area (TPSA) is 35.5 Å². The van der Waals surface area contributed by atoms with Crippen molar-refractivity contribution in [3.63, 3.8) is 0 Å². The van der Waals surface area contributed by atoms with Crippen molar-refractivity contribution in [2.24, 2.45) is 0 Å². The van der Waals surface area contributed by atoms with Gasteiger partial charge in [0.25, 0.3) is 0 Å². The molecule has 1 aliphatic carbocycles. The van der Waals surface area contributed by atoms with Gasteiger partial charge in [-0.2, -0.15) is 0 Å². The number of hydrazine groups is 1. The molecule has 1 saturated carbocycles. The zero-order chi connectivity index (χ0) is 12.2. The number of phenols is 1. The van der Waals surface area contributed by atoms with E-state index in [4.69, 9.17) is 0 Å². The molecule has 1 saturated heterocycles. The summed E-state index contributed by atoms with van der Waals surface area (Å²) in [5.74, 6) is 0.430. The Balaban J connectivity index is 1.91. The third-order valence-electron chi connectivity index (χ3n) is 5.22. The zero-order valence-corrected chi connectivity index (χ0v) is 10.7. The molecule has 0 radical (unpaired) electrons. The van der Waals surface area contributed by atoms with Crippen LogP contribution < -0.4 is 5.43 Å². The number of phenolic OH excluding ortho intramolecular Hbond substituents is 1. The minimum Gasteiger partial charge on any atom is -0.508 e. The standard InChI is InChI=1S/C15H20N2O/c18-12-5-4-11-10-17-14-3-1-2-6-15(14,7-8-16-17)13(11)9-12/h4-5,9,14,16,18H,1-3,6-8,10H2/t14-,15-/m0/s1. The lowest BCUT2D eigenvalue weighted by Crippen LogP contribution is -2.64. The number of fused-ring (bicyclic) bond motifs is 1. The van der Waals surface area contributed by atoms with Gasteiger partial charge in [-0.3, -0.25) is 5.43 Å². The molecule has 3 heteroatoms. The van der Waals surface area contributed by atoms with Gasteiger partial charge in [-0.1, -0.05) is 18.9 Å². The van der Waals surface area contributed by atoms with E-state index in [9.17, 15) is 5.11 Å². The van der Waals surface area contributed by atoms with Crippen LogP contribution in [0.1, 0.15) is 43.2 Å². The quantitative estimate of drug-likeness (QED) is 0.735. The molecule has 2 aliphatic heterocycles. The highest BCUT2D eigenvalue weighted by atomic mass is 16.3. The summed E-state index contributed by atoms with van der Waals surface area (Å²) in [4.78, 5) is 0. The number of nitrogens with one attached hydrogen (secondary N) is 1. The minimum absolute atomic E-state index is 0.301. The first-order valence-corrected chi connectivity index (χ1v) is 7.12. The van der Waals surface area contributed by atoms with Gasteiger partial charge >= 0.3 is 0 Å². The third kappa shape index (κ3) is 1.32. The Kier molecular flexibility index (Phi) is 2.24. The second-order valence-corrected chi connectivity index (χ2v) is 6.05. The highest BCUT2D eigenvalue weighted by Gasteiger charge is 2.50. The fourth-order valence-electron chi connectivity index (χ4n) is 4.46. The van der Waals surface area contributed by atoms with Crippen LogP contribution in [0.2, 0.25) is 0 Å². The summed E-state index contributed by atoms with van der Waals surface area (Å²) in [5.41, 5.74) is 6.71. The predicted octanol–water partition coefficient (Wildman–Crippen LogP) is 2.30. The number of rotatable bonds is 0. The number of benzene rings is 1. The summed E-state index contributed by atoms with van der Waals surface area (Å²) >= 11 is 0. The van der Waals surface area contributed by atoms with E-state index < -0.39 is 0 Å². The maximum atomic E-state index is 9.84. The minimum atomic E-state index is 0.301. The average molecular weight is 244 g/mol. The lowest BCUT2D eigenvalue weighted by molar-refractivity contribution is -0.0279. The molecule has 0 amide bonds. The van der Waals surface area contributed by atoms with Crippen LogP contribution in [0, 0.1) is 0 Å². The van der Waals surface area contributed by atoms with Gasteiger partial charge in [0.15, 0.2) is 0 Å². The van der Waals surface area contributed by atoms with Gasteiger partial charge in [-0.15, -0.1) is 0 Å². The van der Waals surface area contributed by atoms with E-state index in [1.54, 1.807) is 0 Å². The molecule has 4 rings (SSSR count). The van der Waals surface area contributed by atoms with Crippen molar-refractivity contribution in [3.8, 4) is 5.75 Å². The largest absolute Gasteiger partial charge is 0.508 e. The first-order chi connectivity index (χ1) is 8.79. The van der Waals surface area contributed by atoms with Gasteiger partial charge < -0.3 is 5.11 Å². The Morgan fingerprint density at radius 1 is 1.28 bits per heavy atom. The number of hydrogen-bond donors (Lipinski definition) is 2. The van der Waals surface area contributed by atoms with Gasteiger partial charge in [0.1, 0.15) is 5.75 Å². The smallest absolute Gasteiger partial charge is 0.115 e. The molecule has 18 heavy (non-hydrogen) atoms.